The van der Waals surface area contributed by atoms with Crippen molar-refractivity contribution in [2.45, 2.75) is 18.9 Å². The topological polar surface area (TPSA) is 47.3 Å². The molecule has 102 valence electrons. The Hall–Kier alpha value is -0.880. The molecule has 0 saturated heterocycles. The summed E-state index contributed by atoms with van der Waals surface area (Å²) in [6.07, 6.45) is 1.93. The van der Waals surface area contributed by atoms with Crippen LogP contribution in [0.5, 0.6) is 5.75 Å². The van der Waals surface area contributed by atoms with E-state index in [-0.39, 0.29) is 6.04 Å². The molecule has 0 bridgehead atoms. The molecule has 0 aliphatic carbocycles. The largest absolute Gasteiger partial charge is 0.496 e. The molecule has 1 heterocycles. The van der Waals surface area contributed by atoms with Crippen LogP contribution in [-0.2, 0) is 6.42 Å². The number of methoxy groups -OCH3 is 1. The second-order valence-corrected chi connectivity index (χ2v) is 5.97. The minimum absolute atomic E-state index is 0.0861. The van der Waals surface area contributed by atoms with Gasteiger partial charge >= 0.3 is 0 Å². The first-order valence-corrected chi connectivity index (χ1v) is 7.79. The Morgan fingerprint density at radius 2 is 2.26 bits per heavy atom. The molecule has 2 aromatic rings. The van der Waals surface area contributed by atoms with E-state index in [2.05, 4.69) is 38.2 Å². The highest BCUT2D eigenvalue weighted by Crippen LogP contribution is 2.30. The van der Waals surface area contributed by atoms with Gasteiger partial charge in [0, 0.05) is 16.1 Å². The lowest BCUT2D eigenvalue weighted by molar-refractivity contribution is 0.395. The molecule has 0 radical (unpaired) electrons. The van der Waals surface area contributed by atoms with Crippen molar-refractivity contribution in [1.82, 2.24) is 5.43 Å². The third-order valence-electron chi connectivity index (χ3n) is 3.07. The zero-order valence-corrected chi connectivity index (χ0v) is 13.1. The summed E-state index contributed by atoms with van der Waals surface area (Å²) in [7, 11) is 1.68. The number of halogens is 1. The number of hydrazine groups is 1. The van der Waals surface area contributed by atoms with Crippen LogP contribution in [0.25, 0.3) is 0 Å². The molecule has 19 heavy (non-hydrogen) atoms. The molecule has 2 rings (SSSR count). The van der Waals surface area contributed by atoms with Crippen molar-refractivity contribution in [1.29, 1.82) is 0 Å². The number of hydrogen-bond acceptors (Lipinski definition) is 4. The van der Waals surface area contributed by atoms with Crippen molar-refractivity contribution in [2.75, 3.05) is 7.11 Å². The summed E-state index contributed by atoms with van der Waals surface area (Å²) in [5, 5.41) is 4.27. The normalized spacial score (nSPS) is 12.4. The fraction of sp³-hybridized carbons (Fsp3) is 0.286. The Labute approximate surface area is 125 Å². The first kappa shape index (κ1) is 14.5. The molecule has 3 nitrogen and oxygen atoms in total. The van der Waals surface area contributed by atoms with Crippen LogP contribution < -0.4 is 16.0 Å². The Morgan fingerprint density at radius 3 is 2.89 bits per heavy atom. The van der Waals surface area contributed by atoms with Gasteiger partial charge in [0.05, 0.1) is 7.11 Å². The first-order chi connectivity index (χ1) is 9.24. The van der Waals surface area contributed by atoms with Gasteiger partial charge in [0.2, 0.25) is 0 Å². The number of benzene rings is 1. The van der Waals surface area contributed by atoms with Crippen molar-refractivity contribution in [3.8, 4) is 5.75 Å². The van der Waals surface area contributed by atoms with E-state index >= 15 is 0 Å². The number of thiophene rings is 1. The van der Waals surface area contributed by atoms with E-state index in [0.29, 0.717) is 0 Å². The van der Waals surface area contributed by atoms with E-state index in [9.17, 15) is 0 Å². The van der Waals surface area contributed by atoms with Crippen molar-refractivity contribution in [2.24, 2.45) is 5.84 Å². The number of hydrogen-bond donors (Lipinski definition) is 2. The number of nitrogens with two attached hydrogens (primary N) is 1. The number of aryl methyl sites for hydroxylation is 1. The van der Waals surface area contributed by atoms with Gasteiger partial charge in [-0.25, -0.2) is 0 Å². The molecule has 0 spiro atoms. The Morgan fingerprint density at radius 1 is 1.42 bits per heavy atom. The Kier molecular flexibility index (Phi) is 5.39. The number of nitrogens with one attached hydrogen (secondary N) is 1. The van der Waals surface area contributed by atoms with Crippen molar-refractivity contribution in [3.05, 3.63) is 50.6 Å². The molecule has 1 aromatic carbocycles. The summed E-state index contributed by atoms with van der Waals surface area (Å²) >= 11 is 5.17. The minimum atomic E-state index is 0.0861. The molecule has 0 aliphatic heterocycles. The third-order valence-corrected chi connectivity index (χ3v) is 4.30. The molecule has 0 aliphatic rings. The van der Waals surface area contributed by atoms with Crippen LogP contribution >= 0.6 is 27.3 Å². The lowest BCUT2D eigenvalue weighted by atomic mass is 10.00. The molecule has 5 heteroatoms. The number of rotatable bonds is 6. The molecule has 1 aromatic heterocycles. The fourth-order valence-corrected chi connectivity index (χ4v) is 3.09. The molecular formula is C14H17BrN2OS. The number of ether oxygens (including phenoxy) is 1. The van der Waals surface area contributed by atoms with E-state index in [1.807, 2.05) is 18.2 Å². The van der Waals surface area contributed by atoms with Crippen LogP contribution in [0.2, 0.25) is 0 Å². The van der Waals surface area contributed by atoms with E-state index in [1.54, 1.807) is 18.4 Å². The first-order valence-electron chi connectivity index (χ1n) is 6.05. The summed E-state index contributed by atoms with van der Waals surface area (Å²) in [4.78, 5) is 0. The van der Waals surface area contributed by atoms with Crippen LogP contribution in [0.3, 0.4) is 0 Å². The fourth-order valence-electron chi connectivity index (χ4n) is 2.05. The summed E-state index contributed by atoms with van der Waals surface area (Å²) in [5.41, 5.74) is 5.32. The lowest BCUT2D eigenvalue weighted by Crippen LogP contribution is -2.28. The lowest BCUT2D eigenvalue weighted by Gasteiger charge is -2.19. The molecule has 1 atom stereocenters. The summed E-state index contributed by atoms with van der Waals surface area (Å²) in [5.74, 6) is 6.54. The van der Waals surface area contributed by atoms with E-state index < -0.39 is 0 Å². The van der Waals surface area contributed by atoms with Gasteiger partial charge in [0.25, 0.3) is 0 Å². The highest BCUT2D eigenvalue weighted by Gasteiger charge is 2.15. The predicted molar refractivity (Wildman–Crippen MR) is 83.4 cm³/mol. The van der Waals surface area contributed by atoms with Crippen LogP contribution in [0.4, 0.5) is 0 Å². The smallest absolute Gasteiger partial charge is 0.124 e. The summed E-state index contributed by atoms with van der Waals surface area (Å²) < 4.78 is 6.42. The molecule has 0 saturated carbocycles. The zero-order chi connectivity index (χ0) is 13.7. The van der Waals surface area contributed by atoms with Crippen LogP contribution in [0.1, 0.15) is 23.6 Å². The maximum absolute atomic E-state index is 5.69. The summed E-state index contributed by atoms with van der Waals surface area (Å²) in [6, 6.07) is 8.25. The van der Waals surface area contributed by atoms with E-state index in [0.717, 1.165) is 28.6 Å². The maximum atomic E-state index is 5.69. The molecule has 0 fully saturated rings. The predicted octanol–water partition coefficient (Wildman–Crippen LogP) is 3.66. The monoisotopic (exact) mass is 340 g/mol. The highest BCUT2D eigenvalue weighted by atomic mass is 79.9. The Balaban J connectivity index is 2.12. The van der Waals surface area contributed by atoms with Crippen LogP contribution in [0.15, 0.2) is 39.5 Å². The SMILES string of the molecule is COc1cc(Br)ccc1C(CCc1ccsc1)NN. The van der Waals surface area contributed by atoms with Gasteiger partial charge < -0.3 is 4.74 Å². The van der Waals surface area contributed by atoms with Gasteiger partial charge in [-0.05, 0) is 47.4 Å². The zero-order valence-electron chi connectivity index (χ0n) is 10.7. The highest BCUT2D eigenvalue weighted by molar-refractivity contribution is 9.10. The quantitative estimate of drug-likeness (QED) is 0.623. The molecular weight excluding hydrogens is 324 g/mol. The van der Waals surface area contributed by atoms with Crippen LogP contribution in [-0.4, -0.2) is 7.11 Å². The average molecular weight is 341 g/mol. The van der Waals surface area contributed by atoms with Crippen molar-refractivity contribution in [3.63, 3.8) is 0 Å². The van der Waals surface area contributed by atoms with Crippen LogP contribution in [0, 0.1) is 0 Å². The van der Waals surface area contributed by atoms with Crippen molar-refractivity contribution < 1.29 is 4.74 Å². The molecule has 1 unspecified atom stereocenters. The average Bonchev–Trinajstić information content (AvgIpc) is 2.93. The second kappa shape index (κ2) is 7.05. The van der Waals surface area contributed by atoms with E-state index in [4.69, 9.17) is 10.6 Å². The van der Waals surface area contributed by atoms with Gasteiger partial charge in [-0.15, -0.1) is 0 Å². The molecule has 3 N–H and O–H groups in total. The minimum Gasteiger partial charge on any atom is -0.496 e. The third kappa shape index (κ3) is 3.79. The second-order valence-electron chi connectivity index (χ2n) is 4.28. The molecule has 0 amide bonds. The standard InChI is InChI=1S/C14H17BrN2OS/c1-18-14-8-11(15)3-4-12(14)13(17-16)5-2-10-6-7-19-9-10/h3-4,6-9,13,17H,2,5,16H2,1H3. The van der Waals surface area contributed by atoms with E-state index in [1.165, 1.54) is 5.56 Å². The van der Waals surface area contributed by atoms with Gasteiger partial charge in [-0.2, -0.15) is 11.3 Å². The maximum Gasteiger partial charge on any atom is 0.124 e. The van der Waals surface area contributed by atoms with Crippen molar-refractivity contribution >= 4 is 27.3 Å². The van der Waals surface area contributed by atoms with Gasteiger partial charge in [0.15, 0.2) is 0 Å². The Bertz CT molecular complexity index is 516. The van der Waals surface area contributed by atoms with Gasteiger partial charge in [0.1, 0.15) is 5.75 Å². The summed E-state index contributed by atoms with van der Waals surface area (Å²) in [6.45, 7) is 0. The van der Waals surface area contributed by atoms with Gasteiger partial charge in [-0.1, -0.05) is 22.0 Å². The van der Waals surface area contributed by atoms with Gasteiger partial charge in [-0.3, -0.25) is 11.3 Å².